The van der Waals surface area contributed by atoms with Gasteiger partial charge in [-0.25, -0.2) is 0 Å². The molecule has 0 aromatic carbocycles. The molecule has 1 heterocycles. The Hall–Kier alpha value is -0.170. The van der Waals surface area contributed by atoms with Gasteiger partial charge in [-0.15, -0.1) is 10.2 Å². The number of nitrogens with one attached hydrogen (secondary N) is 1. The van der Waals surface area contributed by atoms with Gasteiger partial charge in [-0.05, 0) is 19.9 Å². The highest BCUT2D eigenvalue weighted by atomic mass is 32.2. The van der Waals surface area contributed by atoms with Crippen LogP contribution in [0.4, 0.5) is 0 Å². The predicted octanol–water partition coefficient (Wildman–Crippen LogP) is 2.03. The molecule has 1 aromatic heterocycles. The molecule has 1 aromatic rings. The Labute approximate surface area is 105 Å². The second kappa shape index (κ2) is 8.92. The van der Waals surface area contributed by atoms with Gasteiger partial charge >= 0.3 is 0 Å². The van der Waals surface area contributed by atoms with Gasteiger partial charge in [0, 0.05) is 25.0 Å². The average Bonchev–Trinajstić information content (AvgIpc) is 2.76. The van der Waals surface area contributed by atoms with E-state index in [0.29, 0.717) is 5.25 Å². The normalized spacial score (nSPS) is 12.9. The molecule has 0 radical (unpaired) electrons. The lowest BCUT2D eigenvalue weighted by atomic mass is 10.4. The standard InChI is InChI=1S/C10H19N3OS2/c1-3-14-6-4-5-11-7-9(2)16-10-13-12-8-15-10/h8-9,11H,3-7H2,1-2H3. The van der Waals surface area contributed by atoms with E-state index < -0.39 is 0 Å². The number of thioether (sulfide) groups is 1. The maximum Gasteiger partial charge on any atom is 0.174 e. The van der Waals surface area contributed by atoms with Crippen molar-refractivity contribution in [2.24, 2.45) is 0 Å². The van der Waals surface area contributed by atoms with Crippen LogP contribution in [0.15, 0.2) is 9.85 Å². The van der Waals surface area contributed by atoms with Gasteiger partial charge in [-0.1, -0.05) is 30.0 Å². The van der Waals surface area contributed by atoms with E-state index in [4.69, 9.17) is 4.74 Å². The Bertz CT molecular complexity index is 257. The fourth-order valence-electron chi connectivity index (χ4n) is 1.18. The fourth-order valence-corrected chi connectivity index (χ4v) is 2.94. The van der Waals surface area contributed by atoms with Crippen molar-refractivity contribution in [3.8, 4) is 0 Å². The highest BCUT2D eigenvalue weighted by Gasteiger charge is 2.05. The molecule has 1 atom stereocenters. The highest BCUT2D eigenvalue weighted by molar-refractivity contribution is 8.01. The molecule has 0 saturated heterocycles. The van der Waals surface area contributed by atoms with E-state index in [1.807, 2.05) is 6.92 Å². The molecule has 4 nitrogen and oxygen atoms in total. The van der Waals surface area contributed by atoms with Crippen LogP contribution in [-0.2, 0) is 4.74 Å². The molecule has 6 heteroatoms. The summed E-state index contributed by atoms with van der Waals surface area (Å²) in [6.07, 6.45) is 1.07. The summed E-state index contributed by atoms with van der Waals surface area (Å²) in [7, 11) is 0. The van der Waals surface area contributed by atoms with Crippen molar-refractivity contribution in [2.45, 2.75) is 29.9 Å². The van der Waals surface area contributed by atoms with E-state index in [-0.39, 0.29) is 0 Å². The van der Waals surface area contributed by atoms with Crippen molar-refractivity contribution in [1.82, 2.24) is 15.5 Å². The molecule has 0 bridgehead atoms. The smallest absolute Gasteiger partial charge is 0.174 e. The summed E-state index contributed by atoms with van der Waals surface area (Å²) in [5, 5.41) is 11.8. The van der Waals surface area contributed by atoms with Crippen LogP contribution >= 0.6 is 23.1 Å². The van der Waals surface area contributed by atoms with Crippen LogP contribution in [0.5, 0.6) is 0 Å². The predicted molar refractivity (Wildman–Crippen MR) is 69.2 cm³/mol. The van der Waals surface area contributed by atoms with Crippen LogP contribution in [0.3, 0.4) is 0 Å². The van der Waals surface area contributed by atoms with Gasteiger partial charge < -0.3 is 10.1 Å². The molecule has 0 aliphatic carbocycles. The Balaban J connectivity index is 1.96. The summed E-state index contributed by atoms with van der Waals surface area (Å²) >= 11 is 3.36. The zero-order valence-electron chi connectivity index (χ0n) is 9.81. The number of nitrogens with zero attached hydrogens (tertiary/aromatic N) is 2. The van der Waals surface area contributed by atoms with Crippen molar-refractivity contribution in [1.29, 1.82) is 0 Å². The number of aromatic nitrogens is 2. The van der Waals surface area contributed by atoms with Gasteiger partial charge in [0.05, 0.1) is 0 Å². The lowest BCUT2D eigenvalue weighted by Gasteiger charge is -2.10. The Morgan fingerprint density at radius 2 is 2.50 bits per heavy atom. The Morgan fingerprint density at radius 1 is 1.62 bits per heavy atom. The van der Waals surface area contributed by atoms with Gasteiger partial charge in [0.1, 0.15) is 5.51 Å². The first-order valence-corrected chi connectivity index (χ1v) is 7.30. The molecular weight excluding hydrogens is 242 g/mol. The fraction of sp³-hybridized carbons (Fsp3) is 0.800. The van der Waals surface area contributed by atoms with Crippen LogP contribution in [-0.4, -0.2) is 41.8 Å². The minimum Gasteiger partial charge on any atom is -0.382 e. The summed E-state index contributed by atoms with van der Waals surface area (Å²) < 4.78 is 6.31. The van der Waals surface area contributed by atoms with Gasteiger partial charge in [-0.3, -0.25) is 0 Å². The molecule has 16 heavy (non-hydrogen) atoms. The third-order valence-corrected chi connectivity index (χ3v) is 3.83. The first kappa shape index (κ1) is 13.9. The third-order valence-electron chi connectivity index (χ3n) is 1.92. The maximum absolute atomic E-state index is 5.26. The van der Waals surface area contributed by atoms with E-state index in [2.05, 4.69) is 22.4 Å². The molecular formula is C10H19N3OS2. The zero-order valence-corrected chi connectivity index (χ0v) is 11.4. The maximum atomic E-state index is 5.26. The second-order valence-corrected chi connectivity index (χ2v) is 5.91. The molecule has 0 fully saturated rings. The van der Waals surface area contributed by atoms with Crippen LogP contribution < -0.4 is 5.32 Å². The molecule has 0 saturated carbocycles. The molecule has 0 aliphatic heterocycles. The van der Waals surface area contributed by atoms with Crippen LogP contribution in [0.1, 0.15) is 20.3 Å². The van der Waals surface area contributed by atoms with Crippen molar-refractivity contribution in [3.63, 3.8) is 0 Å². The topological polar surface area (TPSA) is 47.0 Å². The van der Waals surface area contributed by atoms with E-state index in [1.165, 1.54) is 0 Å². The number of hydrogen-bond acceptors (Lipinski definition) is 6. The van der Waals surface area contributed by atoms with Crippen molar-refractivity contribution < 1.29 is 4.74 Å². The quantitative estimate of drug-likeness (QED) is 0.544. The molecule has 1 N–H and O–H groups in total. The summed E-state index contributed by atoms with van der Waals surface area (Å²) in [4.78, 5) is 0. The Kier molecular flexibility index (Phi) is 7.75. The van der Waals surface area contributed by atoms with Gasteiger partial charge in [0.15, 0.2) is 4.34 Å². The molecule has 1 unspecified atom stereocenters. The summed E-state index contributed by atoms with van der Waals surface area (Å²) in [6, 6.07) is 0. The minimum atomic E-state index is 0.528. The van der Waals surface area contributed by atoms with Crippen molar-refractivity contribution in [2.75, 3.05) is 26.3 Å². The molecule has 0 spiro atoms. The van der Waals surface area contributed by atoms with E-state index in [9.17, 15) is 0 Å². The zero-order chi connectivity index (χ0) is 11.6. The SMILES string of the molecule is CCOCCCNCC(C)Sc1nncs1. The number of hydrogen-bond donors (Lipinski definition) is 1. The third kappa shape index (κ3) is 6.42. The van der Waals surface area contributed by atoms with Crippen LogP contribution in [0, 0.1) is 0 Å². The molecule has 1 rings (SSSR count). The lowest BCUT2D eigenvalue weighted by Crippen LogP contribution is -2.24. The van der Waals surface area contributed by atoms with Crippen molar-refractivity contribution >= 4 is 23.1 Å². The molecule has 0 aliphatic rings. The first-order valence-electron chi connectivity index (χ1n) is 5.54. The van der Waals surface area contributed by atoms with E-state index in [1.54, 1.807) is 28.6 Å². The minimum absolute atomic E-state index is 0.528. The largest absolute Gasteiger partial charge is 0.382 e. The first-order chi connectivity index (χ1) is 7.83. The second-order valence-electron chi connectivity index (χ2n) is 3.39. The van der Waals surface area contributed by atoms with E-state index >= 15 is 0 Å². The highest BCUT2D eigenvalue weighted by Crippen LogP contribution is 2.23. The van der Waals surface area contributed by atoms with Crippen LogP contribution in [0.2, 0.25) is 0 Å². The number of rotatable bonds is 9. The van der Waals surface area contributed by atoms with Gasteiger partial charge in [-0.2, -0.15) is 0 Å². The monoisotopic (exact) mass is 261 g/mol. The molecule has 92 valence electrons. The lowest BCUT2D eigenvalue weighted by molar-refractivity contribution is 0.145. The van der Waals surface area contributed by atoms with Gasteiger partial charge in [0.25, 0.3) is 0 Å². The van der Waals surface area contributed by atoms with E-state index in [0.717, 1.165) is 37.1 Å². The molecule has 0 amide bonds. The average molecular weight is 261 g/mol. The Morgan fingerprint density at radius 3 is 3.19 bits per heavy atom. The summed E-state index contributed by atoms with van der Waals surface area (Å²) in [5.74, 6) is 0. The summed E-state index contributed by atoms with van der Waals surface area (Å²) in [5.41, 5.74) is 1.77. The van der Waals surface area contributed by atoms with Crippen LogP contribution in [0.25, 0.3) is 0 Å². The van der Waals surface area contributed by atoms with Gasteiger partial charge in [0.2, 0.25) is 0 Å². The number of ether oxygens (including phenoxy) is 1. The van der Waals surface area contributed by atoms with Crippen molar-refractivity contribution in [3.05, 3.63) is 5.51 Å². The summed E-state index contributed by atoms with van der Waals surface area (Å²) in [6.45, 7) is 7.89.